The molecule has 0 amide bonds. The van der Waals surface area contributed by atoms with Crippen molar-refractivity contribution in [1.82, 2.24) is 20.0 Å². The molecule has 5 heteroatoms. The van der Waals surface area contributed by atoms with Crippen molar-refractivity contribution in [1.29, 1.82) is 0 Å². The minimum absolute atomic E-state index is 0.425. The van der Waals surface area contributed by atoms with E-state index < -0.39 is 0 Å². The molecule has 2 aromatic heterocycles. The van der Waals surface area contributed by atoms with Crippen LogP contribution in [0.1, 0.15) is 61.8 Å². The van der Waals surface area contributed by atoms with E-state index in [-0.39, 0.29) is 0 Å². The summed E-state index contributed by atoms with van der Waals surface area (Å²) in [5, 5.41) is 7.42. The van der Waals surface area contributed by atoms with Crippen molar-refractivity contribution >= 4 is 0 Å². The fourth-order valence-electron chi connectivity index (χ4n) is 2.52. The second kappa shape index (κ2) is 5.79. The summed E-state index contributed by atoms with van der Waals surface area (Å²) in [6.45, 7) is 2.89. The van der Waals surface area contributed by atoms with E-state index in [1.165, 1.54) is 24.8 Å². The Hall–Kier alpha value is -1.62. The molecule has 1 aliphatic rings. The Morgan fingerprint density at radius 2 is 2.35 bits per heavy atom. The Balaban J connectivity index is 1.66. The summed E-state index contributed by atoms with van der Waals surface area (Å²) in [7, 11) is 2.01. The maximum absolute atomic E-state index is 5.29. The van der Waals surface area contributed by atoms with Crippen LogP contribution in [0.2, 0.25) is 0 Å². The van der Waals surface area contributed by atoms with Crippen LogP contribution >= 0.6 is 0 Å². The second-order valence-electron chi connectivity index (χ2n) is 5.57. The van der Waals surface area contributed by atoms with Crippen LogP contribution in [0.3, 0.4) is 0 Å². The highest BCUT2D eigenvalue weighted by atomic mass is 16.5. The Labute approximate surface area is 119 Å². The third-order valence-corrected chi connectivity index (χ3v) is 3.84. The normalized spacial score (nSPS) is 16.5. The maximum Gasteiger partial charge on any atom is 0.229 e. The zero-order valence-corrected chi connectivity index (χ0v) is 12.2. The smallest absolute Gasteiger partial charge is 0.229 e. The van der Waals surface area contributed by atoms with Gasteiger partial charge in [-0.3, -0.25) is 0 Å². The van der Waals surface area contributed by atoms with Gasteiger partial charge in [-0.15, -0.1) is 0 Å². The van der Waals surface area contributed by atoms with Gasteiger partial charge >= 0.3 is 0 Å². The summed E-state index contributed by atoms with van der Waals surface area (Å²) in [6, 6.07) is 2.59. The van der Waals surface area contributed by atoms with E-state index in [4.69, 9.17) is 4.52 Å². The van der Waals surface area contributed by atoms with Crippen molar-refractivity contribution < 1.29 is 4.52 Å². The van der Waals surface area contributed by atoms with Gasteiger partial charge in [0.25, 0.3) is 0 Å². The first-order chi connectivity index (χ1) is 9.80. The van der Waals surface area contributed by atoms with Crippen LogP contribution in [0.15, 0.2) is 23.0 Å². The summed E-state index contributed by atoms with van der Waals surface area (Å²) >= 11 is 0. The lowest BCUT2D eigenvalue weighted by molar-refractivity contribution is 0.373. The van der Waals surface area contributed by atoms with Crippen molar-refractivity contribution in [2.45, 2.75) is 51.1 Å². The number of nitrogens with zero attached hydrogens (tertiary/aromatic N) is 3. The third kappa shape index (κ3) is 2.93. The number of hydrogen-bond donors (Lipinski definition) is 1. The fourth-order valence-corrected chi connectivity index (χ4v) is 2.52. The molecular formula is C15H22N4O. The molecule has 0 saturated heterocycles. The molecule has 0 radical (unpaired) electrons. The lowest BCUT2D eigenvalue weighted by atomic mass is 10.1. The third-order valence-electron chi connectivity index (χ3n) is 3.84. The van der Waals surface area contributed by atoms with Crippen molar-refractivity contribution in [3.63, 3.8) is 0 Å². The van der Waals surface area contributed by atoms with Gasteiger partial charge in [0.15, 0.2) is 5.82 Å². The highest BCUT2D eigenvalue weighted by molar-refractivity contribution is 5.16. The molecule has 3 rings (SSSR count). The van der Waals surface area contributed by atoms with Gasteiger partial charge in [-0.05, 0) is 37.9 Å². The van der Waals surface area contributed by atoms with Gasteiger partial charge in [0.2, 0.25) is 5.89 Å². The van der Waals surface area contributed by atoms with E-state index in [0.29, 0.717) is 18.5 Å². The molecule has 5 nitrogen and oxygen atoms in total. The van der Waals surface area contributed by atoms with Crippen molar-refractivity contribution in [2.75, 3.05) is 7.05 Å². The van der Waals surface area contributed by atoms with Gasteiger partial charge in [-0.1, -0.05) is 18.5 Å². The second-order valence-corrected chi connectivity index (χ2v) is 5.57. The molecule has 2 aromatic rings. The van der Waals surface area contributed by atoms with E-state index in [9.17, 15) is 0 Å². The molecule has 108 valence electrons. The largest absolute Gasteiger partial charge is 0.346 e. The van der Waals surface area contributed by atoms with Crippen LogP contribution in [0.25, 0.3) is 0 Å². The maximum atomic E-state index is 5.29. The molecule has 0 bridgehead atoms. The molecule has 1 aliphatic carbocycles. The summed E-state index contributed by atoms with van der Waals surface area (Å²) in [5.41, 5.74) is 1.32. The average Bonchev–Trinajstić information content (AvgIpc) is 3.03. The molecule has 2 heterocycles. The minimum atomic E-state index is 0.425. The van der Waals surface area contributed by atoms with Crippen LogP contribution in [-0.4, -0.2) is 21.8 Å². The quantitative estimate of drug-likeness (QED) is 0.843. The van der Waals surface area contributed by atoms with Gasteiger partial charge in [0.1, 0.15) is 0 Å². The molecule has 0 aliphatic heterocycles. The van der Waals surface area contributed by atoms with Gasteiger partial charge in [0.05, 0.1) is 6.54 Å². The van der Waals surface area contributed by atoms with Gasteiger partial charge in [-0.2, -0.15) is 4.98 Å². The number of aromatic nitrogens is 3. The van der Waals surface area contributed by atoms with Crippen molar-refractivity contribution in [2.24, 2.45) is 0 Å². The van der Waals surface area contributed by atoms with Crippen LogP contribution in [-0.2, 0) is 6.54 Å². The number of rotatable bonds is 7. The van der Waals surface area contributed by atoms with E-state index in [2.05, 4.69) is 45.4 Å². The topological polar surface area (TPSA) is 55.9 Å². The van der Waals surface area contributed by atoms with Crippen LogP contribution in [0.5, 0.6) is 0 Å². The zero-order valence-electron chi connectivity index (χ0n) is 12.2. The first-order valence-electron chi connectivity index (χ1n) is 7.45. The lowest BCUT2D eigenvalue weighted by Gasteiger charge is -2.13. The van der Waals surface area contributed by atoms with Crippen LogP contribution < -0.4 is 5.32 Å². The summed E-state index contributed by atoms with van der Waals surface area (Å²) in [6.07, 6.45) is 8.96. The van der Waals surface area contributed by atoms with E-state index in [0.717, 1.165) is 18.1 Å². The summed E-state index contributed by atoms with van der Waals surface area (Å²) in [5.74, 6) is 2.10. The van der Waals surface area contributed by atoms with E-state index in [1.807, 2.05) is 7.05 Å². The predicted octanol–water partition coefficient (Wildman–Crippen LogP) is 2.86. The predicted molar refractivity (Wildman–Crippen MR) is 76.5 cm³/mol. The molecule has 1 atom stereocenters. The average molecular weight is 274 g/mol. The first-order valence-corrected chi connectivity index (χ1v) is 7.45. The zero-order chi connectivity index (χ0) is 13.9. The molecule has 0 spiro atoms. The SMILES string of the molecule is CCCC(NC)c1ccn(Cc2noc(C3CC3)n2)c1. The Morgan fingerprint density at radius 3 is 3.05 bits per heavy atom. The highest BCUT2D eigenvalue weighted by Gasteiger charge is 2.29. The molecule has 1 N–H and O–H groups in total. The fraction of sp³-hybridized carbons (Fsp3) is 0.600. The molecule has 20 heavy (non-hydrogen) atoms. The van der Waals surface area contributed by atoms with E-state index in [1.54, 1.807) is 0 Å². The van der Waals surface area contributed by atoms with Gasteiger partial charge < -0.3 is 14.4 Å². The van der Waals surface area contributed by atoms with Gasteiger partial charge in [-0.25, -0.2) is 0 Å². The van der Waals surface area contributed by atoms with Crippen molar-refractivity contribution in [3.05, 3.63) is 35.7 Å². The Bertz CT molecular complexity index is 556. The monoisotopic (exact) mass is 274 g/mol. The van der Waals surface area contributed by atoms with Crippen molar-refractivity contribution in [3.8, 4) is 0 Å². The molecule has 1 fully saturated rings. The first kappa shape index (κ1) is 13.4. The number of hydrogen-bond acceptors (Lipinski definition) is 4. The number of nitrogens with one attached hydrogen (secondary N) is 1. The van der Waals surface area contributed by atoms with Gasteiger partial charge in [0, 0.05) is 24.4 Å². The van der Waals surface area contributed by atoms with E-state index >= 15 is 0 Å². The molecule has 1 saturated carbocycles. The Morgan fingerprint density at radius 1 is 1.50 bits per heavy atom. The molecular weight excluding hydrogens is 252 g/mol. The highest BCUT2D eigenvalue weighted by Crippen LogP contribution is 2.38. The summed E-state index contributed by atoms with van der Waals surface area (Å²) < 4.78 is 7.41. The summed E-state index contributed by atoms with van der Waals surface area (Å²) in [4.78, 5) is 4.46. The Kier molecular flexibility index (Phi) is 3.87. The van der Waals surface area contributed by atoms with Crippen LogP contribution in [0, 0.1) is 0 Å². The van der Waals surface area contributed by atoms with Crippen LogP contribution in [0.4, 0.5) is 0 Å². The molecule has 0 aromatic carbocycles. The minimum Gasteiger partial charge on any atom is -0.346 e. The standard InChI is InChI=1S/C15H22N4O/c1-3-4-13(16-2)12-7-8-19(9-12)10-14-17-15(20-18-14)11-5-6-11/h7-9,11,13,16H,3-6,10H2,1-2H3. The molecule has 1 unspecified atom stereocenters. The lowest BCUT2D eigenvalue weighted by Crippen LogP contribution is -2.15.